The van der Waals surface area contributed by atoms with Crippen LogP contribution in [0.2, 0.25) is 0 Å². The topological polar surface area (TPSA) is 94.1 Å². The second kappa shape index (κ2) is 6.45. The highest BCUT2D eigenvalue weighted by Crippen LogP contribution is 2.26. The van der Waals surface area contributed by atoms with Crippen LogP contribution >= 0.6 is 0 Å². The highest BCUT2D eigenvalue weighted by atomic mass is 16.6. The Hall–Kier alpha value is -2.28. The molecule has 0 fully saturated rings. The number of nitro groups is 1. The first-order valence-electron chi connectivity index (χ1n) is 6.82. The molecule has 2 atom stereocenters. The normalized spacial score (nSPS) is 13.9. The van der Waals surface area contributed by atoms with Crippen molar-refractivity contribution < 1.29 is 9.45 Å². The molecule has 2 aromatic rings. The molecule has 2 rings (SSSR count). The number of nitrogens with zero attached hydrogens (tertiary/aromatic N) is 3. The van der Waals surface area contributed by atoms with E-state index in [2.05, 4.69) is 22.4 Å². The molecule has 1 aromatic heterocycles. The maximum Gasteiger partial charge on any atom is 0.270 e. The van der Waals surface area contributed by atoms with Crippen LogP contribution in [0, 0.1) is 10.1 Å². The Labute approximate surface area is 122 Å². The van der Waals surface area contributed by atoms with Crippen LogP contribution in [0.3, 0.4) is 0 Å². The van der Waals surface area contributed by atoms with Crippen molar-refractivity contribution in [2.24, 2.45) is 0 Å². The molecule has 0 aliphatic rings. The van der Waals surface area contributed by atoms with E-state index in [0.29, 0.717) is 17.3 Å². The van der Waals surface area contributed by atoms with Gasteiger partial charge >= 0.3 is 0 Å². The molecule has 1 aromatic carbocycles. The highest BCUT2D eigenvalue weighted by Gasteiger charge is 2.23. The fourth-order valence-electron chi connectivity index (χ4n) is 2.20. The molecule has 1 heterocycles. The molecule has 2 unspecified atom stereocenters. The number of hydrogen-bond donors (Lipinski definition) is 1. The van der Waals surface area contributed by atoms with Crippen molar-refractivity contribution in [1.82, 2.24) is 15.5 Å². The molecule has 0 spiro atoms. The quantitative estimate of drug-likeness (QED) is 0.649. The van der Waals surface area contributed by atoms with Crippen LogP contribution in [0.1, 0.15) is 32.1 Å². The fourth-order valence-corrected chi connectivity index (χ4v) is 2.20. The van der Waals surface area contributed by atoms with Crippen molar-refractivity contribution in [2.75, 3.05) is 7.05 Å². The van der Waals surface area contributed by atoms with Crippen molar-refractivity contribution in [2.45, 2.75) is 32.2 Å². The van der Waals surface area contributed by atoms with Crippen molar-refractivity contribution in [3.63, 3.8) is 0 Å². The van der Waals surface area contributed by atoms with Crippen molar-refractivity contribution >= 4 is 5.69 Å². The number of non-ortho nitro benzene ring substituents is 1. The number of hydrogen-bond acceptors (Lipinski definition) is 6. The molecule has 0 saturated heterocycles. The van der Waals surface area contributed by atoms with Gasteiger partial charge in [0.2, 0.25) is 11.7 Å². The van der Waals surface area contributed by atoms with Crippen molar-refractivity contribution in [3.8, 4) is 11.4 Å². The van der Waals surface area contributed by atoms with Gasteiger partial charge in [-0.15, -0.1) is 0 Å². The third-order valence-electron chi connectivity index (χ3n) is 3.57. The summed E-state index contributed by atoms with van der Waals surface area (Å²) in [6.45, 7) is 4.10. The molecule has 21 heavy (non-hydrogen) atoms. The van der Waals surface area contributed by atoms with E-state index in [9.17, 15) is 10.1 Å². The minimum Gasteiger partial charge on any atom is -0.339 e. The van der Waals surface area contributed by atoms with Crippen LogP contribution in [0.25, 0.3) is 11.4 Å². The lowest BCUT2D eigenvalue weighted by Gasteiger charge is -2.17. The van der Waals surface area contributed by atoms with E-state index < -0.39 is 4.92 Å². The van der Waals surface area contributed by atoms with Gasteiger partial charge in [0, 0.05) is 23.7 Å². The SMILES string of the molecule is CCC(c1nc(-c2cccc([N+](=O)[O-])c2)no1)C(C)NC. The summed E-state index contributed by atoms with van der Waals surface area (Å²) in [7, 11) is 1.88. The van der Waals surface area contributed by atoms with Gasteiger partial charge in [0.1, 0.15) is 0 Å². The van der Waals surface area contributed by atoms with Gasteiger partial charge < -0.3 is 9.84 Å². The summed E-state index contributed by atoms with van der Waals surface area (Å²) < 4.78 is 5.32. The molecule has 0 amide bonds. The minimum absolute atomic E-state index is 0.00878. The first-order valence-corrected chi connectivity index (χ1v) is 6.82. The van der Waals surface area contributed by atoms with Crippen LogP contribution < -0.4 is 5.32 Å². The smallest absolute Gasteiger partial charge is 0.270 e. The first-order chi connectivity index (χ1) is 10.1. The van der Waals surface area contributed by atoms with Crippen LogP contribution in [-0.4, -0.2) is 28.2 Å². The zero-order valence-electron chi connectivity index (χ0n) is 12.2. The van der Waals surface area contributed by atoms with E-state index in [-0.39, 0.29) is 17.6 Å². The summed E-state index contributed by atoms with van der Waals surface area (Å²) in [5.41, 5.74) is 0.584. The summed E-state index contributed by atoms with van der Waals surface area (Å²) in [6, 6.07) is 6.41. The van der Waals surface area contributed by atoms with Crippen LogP contribution in [-0.2, 0) is 0 Å². The largest absolute Gasteiger partial charge is 0.339 e. The van der Waals surface area contributed by atoms with Gasteiger partial charge in [0.15, 0.2) is 0 Å². The Morgan fingerprint density at radius 2 is 2.24 bits per heavy atom. The lowest BCUT2D eigenvalue weighted by atomic mass is 9.98. The van der Waals surface area contributed by atoms with Crippen LogP contribution in [0.15, 0.2) is 28.8 Å². The number of benzene rings is 1. The summed E-state index contributed by atoms with van der Waals surface area (Å²) in [4.78, 5) is 14.7. The second-order valence-electron chi connectivity index (χ2n) is 4.86. The molecule has 1 N–H and O–H groups in total. The number of nitro benzene ring substituents is 1. The van der Waals surface area contributed by atoms with E-state index in [4.69, 9.17) is 4.52 Å². The Morgan fingerprint density at radius 1 is 1.48 bits per heavy atom. The Kier molecular flexibility index (Phi) is 4.64. The van der Waals surface area contributed by atoms with E-state index in [1.807, 2.05) is 14.0 Å². The van der Waals surface area contributed by atoms with Gasteiger partial charge in [-0.05, 0) is 20.4 Å². The Balaban J connectivity index is 2.31. The lowest BCUT2D eigenvalue weighted by molar-refractivity contribution is -0.384. The highest BCUT2D eigenvalue weighted by molar-refractivity contribution is 5.58. The van der Waals surface area contributed by atoms with E-state index in [1.165, 1.54) is 12.1 Å². The third-order valence-corrected chi connectivity index (χ3v) is 3.57. The number of nitrogens with one attached hydrogen (secondary N) is 1. The van der Waals surface area contributed by atoms with E-state index in [0.717, 1.165) is 6.42 Å². The Bertz CT molecular complexity index is 626. The summed E-state index contributed by atoms with van der Waals surface area (Å²) >= 11 is 0. The average molecular weight is 290 g/mol. The fraction of sp³-hybridized carbons (Fsp3) is 0.429. The maximum atomic E-state index is 10.8. The van der Waals surface area contributed by atoms with Gasteiger partial charge in [-0.2, -0.15) is 4.98 Å². The van der Waals surface area contributed by atoms with Crippen LogP contribution in [0.4, 0.5) is 5.69 Å². The molecule has 0 saturated carbocycles. The number of likely N-dealkylation sites (N-methyl/N-ethyl adjacent to an activating group) is 1. The average Bonchev–Trinajstić information content (AvgIpc) is 2.97. The number of aromatic nitrogens is 2. The summed E-state index contributed by atoms with van der Waals surface area (Å²) in [5.74, 6) is 1.02. The second-order valence-corrected chi connectivity index (χ2v) is 4.86. The first kappa shape index (κ1) is 15.1. The zero-order chi connectivity index (χ0) is 15.4. The standard InChI is InChI=1S/C14H18N4O3/c1-4-12(9(2)15-3)14-16-13(17-21-14)10-6-5-7-11(8-10)18(19)20/h5-9,12,15H,4H2,1-3H3. The van der Waals surface area contributed by atoms with Gasteiger partial charge in [-0.25, -0.2) is 0 Å². The van der Waals surface area contributed by atoms with E-state index >= 15 is 0 Å². The molecule has 0 aliphatic carbocycles. The lowest BCUT2D eigenvalue weighted by Crippen LogP contribution is -2.28. The predicted molar refractivity (Wildman–Crippen MR) is 77.9 cm³/mol. The van der Waals surface area contributed by atoms with Crippen molar-refractivity contribution in [3.05, 3.63) is 40.3 Å². The molecular formula is C14H18N4O3. The maximum absolute atomic E-state index is 10.8. The third kappa shape index (κ3) is 3.25. The molecule has 0 radical (unpaired) electrons. The van der Waals surface area contributed by atoms with Gasteiger partial charge in [0.05, 0.1) is 10.8 Å². The molecule has 0 aliphatic heterocycles. The molecule has 7 heteroatoms. The van der Waals surface area contributed by atoms with Crippen LogP contribution in [0.5, 0.6) is 0 Å². The van der Waals surface area contributed by atoms with E-state index in [1.54, 1.807) is 12.1 Å². The summed E-state index contributed by atoms with van der Waals surface area (Å²) in [6.07, 6.45) is 0.860. The summed E-state index contributed by atoms with van der Waals surface area (Å²) in [5, 5.41) is 17.9. The van der Waals surface area contributed by atoms with Gasteiger partial charge in [0.25, 0.3) is 5.69 Å². The molecule has 7 nitrogen and oxygen atoms in total. The predicted octanol–water partition coefficient (Wildman–Crippen LogP) is 2.75. The van der Waals surface area contributed by atoms with Gasteiger partial charge in [-0.3, -0.25) is 10.1 Å². The molecular weight excluding hydrogens is 272 g/mol. The van der Waals surface area contributed by atoms with Gasteiger partial charge in [-0.1, -0.05) is 24.2 Å². The zero-order valence-corrected chi connectivity index (χ0v) is 12.2. The minimum atomic E-state index is -0.442. The number of rotatable bonds is 6. The molecule has 0 bridgehead atoms. The monoisotopic (exact) mass is 290 g/mol. The Morgan fingerprint density at radius 3 is 2.86 bits per heavy atom. The molecule has 112 valence electrons. The van der Waals surface area contributed by atoms with Crippen molar-refractivity contribution in [1.29, 1.82) is 0 Å².